The van der Waals surface area contributed by atoms with E-state index in [2.05, 4.69) is 6.92 Å². The summed E-state index contributed by atoms with van der Waals surface area (Å²) in [5.41, 5.74) is 1.76. The molecule has 3 heteroatoms. The summed E-state index contributed by atoms with van der Waals surface area (Å²) in [6.45, 7) is 3.86. The maximum Gasteiger partial charge on any atom is 0.331 e. The number of hydrogen-bond acceptors (Lipinski definition) is 1. The molecule has 0 radical (unpaired) electrons. The first-order chi connectivity index (χ1) is 14.1. The van der Waals surface area contributed by atoms with Gasteiger partial charge in [0.1, 0.15) is 0 Å². The minimum Gasteiger partial charge on any atom is -0.478 e. The number of unbranched alkanes of at least 4 members (excludes halogenated alkanes) is 16. The van der Waals surface area contributed by atoms with Crippen molar-refractivity contribution >= 4 is 5.97 Å². The molecule has 0 saturated carbocycles. The van der Waals surface area contributed by atoms with E-state index in [1.54, 1.807) is 6.92 Å². The van der Waals surface area contributed by atoms with Crippen molar-refractivity contribution in [1.29, 1.82) is 0 Å². The van der Waals surface area contributed by atoms with Crippen molar-refractivity contribution in [3.8, 4) is 0 Å². The highest BCUT2D eigenvalue weighted by atomic mass is 19.1. The van der Waals surface area contributed by atoms with E-state index < -0.39 is 5.97 Å². The lowest BCUT2D eigenvalue weighted by Gasteiger charge is -2.11. The third-order valence-corrected chi connectivity index (χ3v) is 6.05. The van der Waals surface area contributed by atoms with Crippen molar-refractivity contribution in [2.24, 2.45) is 0 Å². The molecular weight excluding hydrogens is 363 g/mol. The number of aliphatic carboxylic acids is 1. The summed E-state index contributed by atoms with van der Waals surface area (Å²) in [6.07, 6.45) is 23.8. The summed E-state index contributed by atoms with van der Waals surface area (Å²) in [4.78, 5) is 11.4. The first-order valence-electron chi connectivity index (χ1n) is 12.6. The third-order valence-electron chi connectivity index (χ3n) is 6.05. The number of carboxylic acids is 1. The van der Waals surface area contributed by atoms with Crippen LogP contribution in [0.1, 0.15) is 142 Å². The number of carboxylic acid groups (broad SMARTS) is 1. The highest BCUT2D eigenvalue weighted by molar-refractivity contribution is 5.86. The summed E-state index contributed by atoms with van der Waals surface area (Å²) in [7, 11) is 0. The van der Waals surface area contributed by atoms with Gasteiger partial charge >= 0.3 is 5.97 Å². The number of allylic oxidation sites excluding steroid dienone is 1. The van der Waals surface area contributed by atoms with Crippen molar-refractivity contribution in [3.05, 3.63) is 11.1 Å². The van der Waals surface area contributed by atoms with Crippen LogP contribution in [0.15, 0.2) is 11.1 Å². The number of halogens is 1. The van der Waals surface area contributed by atoms with E-state index >= 15 is 0 Å². The number of carbonyl (C=O) groups is 1. The van der Waals surface area contributed by atoms with E-state index in [1.165, 1.54) is 95.5 Å². The molecule has 0 aliphatic heterocycles. The van der Waals surface area contributed by atoms with Crippen molar-refractivity contribution < 1.29 is 14.3 Å². The molecule has 0 aliphatic rings. The molecule has 2 nitrogen and oxygen atoms in total. The van der Waals surface area contributed by atoms with Crippen LogP contribution in [-0.4, -0.2) is 17.8 Å². The molecule has 0 aliphatic carbocycles. The van der Waals surface area contributed by atoms with Crippen LogP contribution in [0.2, 0.25) is 0 Å². The normalized spacial score (nSPS) is 12.2. The van der Waals surface area contributed by atoms with Gasteiger partial charge in [-0.25, -0.2) is 4.79 Å². The largest absolute Gasteiger partial charge is 0.478 e. The van der Waals surface area contributed by atoms with Crippen molar-refractivity contribution in [3.63, 3.8) is 0 Å². The van der Waals surface area contributed by atoms with E-state index in [-0.39, 0.29) is 6.67 Å². The predicted molar refractivity (Wildman–Crippen MR) is 124 cm³/mol. The Balaban J connectivity index is 3.81. The first-order valence-corrected chi connectivity index (χ1v) is 12.6. The number of alkyl halides is 1. The van der Waals surface area contributed by atoms with Gasteiger partial charge in [0.25, 0.3) is 0 Å². The monoisotopic (exact) mass is 412 g/mol. The van der Waals surface area contributed by atoms with Gasteiger partial charge in [-0.3, -0.25) is 4.39 Å². The second-order valence-electron chi connectivity index (χ2n) is 8.73. The van der Waals surface area contributed by atoms with E-state index in [4.69, 9.17) is 0 Å². The van der Waals surface area contributed by atoms with Crippen LogP contribution >= 0.6 is 0 Å². The molecule has 0 aromatic carbocycles. The summed E-state index contributed by atoms with van der Waals surface area (Å²) in [5.74, 6) is -0.743. The van der Waals surface area contributed by atoms with Gasteiger partial charge in [-0.1, -0.05) is 109 Å². The highest BCUT2D eigenvalue weighted by Crippen LogP contribution is 2.22. The average molecular weight is 413 g/mol. The molecule has 0 amide bonds. The molecule has 0 rings (SSSR count). The molecule has 29 heavy (non-hydrogen) atoms. The van der Waals surface area contributed by atoms with Crippen LogP contribution in [0.4, 0.5) is 4.39 Å². The van der Waals surface area contributed by atoms with Gasteiger partial charge in [-0.05, 0) is 39.0 Å². The topological polar surface area (TPSA) is 37.3 Å². The lowest BCUT2D eigenvalue weighted by molar-refractivity contribution is -0.132. The van der Waals surface area contributed by atoms with E-state index in [9.17, 15) is 14.3 Å². The second kappa shape index (κ2) is 21.8. The summed E-state index contributed by atoms with van der Waals surface area (Å²) in [5, 5.41) is 9.37. The standard InChI is InChI=1S/C26H49FO2/c1-3-4-5-6-7-12-15-18-21-25(24(2)26(28)29)22-19-16-13-10-8-9-11-14-17-20-23-27/h3-23H2,1-2H3,(H,28,29). The molecule has 172 valence electrons. The van der Waals surface area contributed by atoms with Gasteiger partial charge in [0.2, 0.25) is 0 Å². The molecule has 0 fully saturated rings. The molecule has 0 unspecified atom stereocenters. The highest BCUT2D eigenvalue weighted by Gasteiger charge is 2.09. The Hall–Kier alpha value is -0.860. The van der Waals surface area contributed by atoms with Crippen molar-refractivity contribution in [1.82, 2.24) is 0 Å². The fourth-order valence-corrected chi connectivity index (χ4v) is 3.97. The van der Waals surface area contributed by atoms with Crippen LogP contribution in [-0.2, 0) is 4.79 Å². The molecule has 0 heterocycles. The molecular formula is C26H49FO2. The zero-order valence-corrected chi connectivity index (χ0v) is 19.6. The zero-order chi connectivity index (χ0) is 21.6. The van der Waals surface area contributed by atoms with E-state index in [1.807, 2.05) is 0 Å². The summed E-state index contributed by atoms with van der Waals surface area (Å²) in [6, 6.07) is 0. The Morgan fingerprint density at radius 1 is 0.621 bits per heavy atom. The van der Waals surface area contributed by atoms with Crippen LogP contribution in [0.25, 0.3) is 0 Å². The quantitative estimate of drug-likeness (QED) is 0.142. The molecule has 0 aromatic heterocycles. The maximum absolute atomic E-state index is 12.0. The summed E-state index contributed by atoms with van der Waals surface area (Å²) < 4.78 is 12.0. The molecule has 1 N–H and O–H groups in total. The summed E-state index contributed by atoms with van der Waals surface area (Å²) >= 11 is 0. The number of hydrogen-bond donors (Lipinski definition) is 1. The minimum atomic E-state index is -0.743. The fraction of sp³-hybridized carbons (Fsp3) is 0.885. The minimum absolute atomic E-state index is 0.170. The van der Waals surface area contributed by atoms with Crippen LogP contribution in [0, 0.1) is 0 Å². The third kappa shape index (κ3) is 18.9. The lowest BCUT2D eigenvalue weighted by atomic mass is 9.95. The SMILES string of the molecule is CCCCCCCCCCC(CCCCCCCCCCCCF)=C(C)C(=O)O. The van der Waals surface area contributed by atoms with Crippen molar-refractivity contribution in [2.45, 2.75) is 142 Å². The fourth-order valence-electron chi connectivity index (χ4n) is 3.97. The second-order valence-corrected chi connectivity index (χ2v) is 8.73. The Morgan fingerprint density at radius 3 is 1.31 bits per heavy atom. The van der Waals surface area contributed by atoms with Gasteiger partial charge in [-0.15, -0.1) is 0 Å². The molecule has 0 aromatic rings. The zero-order valence-electron chi connectivity index (χ0n) is 19.6. The average Bonchev–Trinajstić information content (AvgIpc) is 2.71. The van der Waals surface area contributed by atoms with Crippen LogP contribution in [0.3, 0.4) is 0 Å². The molecule has 0 atom stereocenters. The van der Waals surface area contributed by atoms with Gasteiger partial charge in [-0.2, -0.15) is 0 Å². The van der Waals surface area contributed by atoms with Gasteiger partial charge < -0.3 is 5.11 Å². The Kier molecular flexibility index (Phi) is 21.2. The smallest absolute Gasteiger partial charge is 0.331 e. The Bertz CT molecular complexity index is 404. The van der Waals surface area contributed by atoms with E-state index in [0.717, 1.165) is 38.5 Å². The molecule has 0 saturated heterocycles. The molecule has 0 bridgehead atoms. The predicted octanol–water partition coefficient (Wildman–Crippen LogP) is 9.18. The molecule has 0 spiro atoms. The Morgan fingerprint density at radius 2 is 0.966 bits per heavy atom. The number of rotatable bonds is 22. The van der Waals surface area contributed by atoms with Gasteiger partial charge in [0.15, 0.2) is 0 Å². The van der Waals surface area contributed by atoms with Crippen LogP contribution < -0.4 is 0 Å². The van der Waals surface area contributed by atoms with Gasteiger partial charge in [0.05, 0.1) is 6.67 Å². The first kappa shape index (κ1) is 28.1. The van der Waals surface area contributed by atoms with E-state index in [0.29, 0.717) is 5.57 Å². The Labute approximate surface area is 180 Å². The van der Waals surface area contributed by atoms with Crippen molar-refractivity contribution in [2.75, 3.05) is 6.67 Å². The lowest BCUT2D eigenvalue weighted by Crippen LogP contribution is -2.02. The van der Waals surface area contributed by atoms with Crippen LogP contribution in [0.5, 0.6) is 0 Å². The van der Waals surface area contributed by atoms with Gasteiger partial charge in [0, 0.05) is 5.57 Å². The maximum atomic E-state index is 12.0.